The number of carbonyl (C=O) groups is 1. The fourth-order valence-electron chi connectivity index (χ4n) is 2.44. The number of carbonyl (C=O) groups excluding carboxylic acids is 1. The lowest BCUT2D eigenvalue weighted by atomic mass is 10.3. The maximum absolute atomic E-state index is 13.0. The molecule has 0 aliphatic carbocycles. The summed E-state index contributed by atoms with van der Waals surface area (Å²) in [5.74, 6) is -1.30. The van der Waals surface area contributed by atoms with E-state index in [0.29, 0.717) is 10.7 Å². The summed E-state index contributed by atoms with van der Waals surface area (Å²) in [5.41, 5.74) is 6.16. The molecule has 0 aliphatic heterocycles. The van der Waals surface area contributed by atoms with Crippen molar-refractivity contribution in [3.05, 3.63) is 65.2 Å². The Hall–Kier alpha value is -3.35. The third-order valence-electron chi connectivity index (χ3n) is 3.95. The van der Waals surface area contributed by atoms with E-state index < -0.39 is 27.9 Å². The molecule has 0 saturated carbocycles. The monoisotopic (exact) mass is 480 g/mol. The van der Waals surface area contributed by atoms with E-state index in [1.54, 1.807) is 0 Å². The van der Waals surface area contributed by atoms with Crippen LogP contribution in [0.25, 0.3) is 0 Å². The zero-order valence-electron chi connectivity index (χ0n) is 16.6. The number of aromatic nitrogens is 3. The molecule has 4 N–H and O–H groups in total. The molecule has 2 aromatic carbocycles. The molecule has 0 bridgehead atoms. The van der Waals surface area contributed by atoms with Crippen LogP contribution >= 0.6 is 11.6 Å². The molecular formula is C19H18ClFN6O4S. The Morgan fingerprint density at radius 2 is 1.78 bits per heavy atom. The molecule has 13 heteroatoms. The number of hydrogen-bond donors (Lipinski definition) is 3. The minimum absolute atomic E-state index is 0.0308. The summed E-state index contributed by atoms with van der Waals surface area (Å²) in [6.45, 7) is 0.954. The molecule has 3 aromatic rings. The zero-order chi connectivity index (χ0) is 23.3. The number of nitrogen functional groups attached to an aromatic ring is 1. The normalized spacial score (nSPS) is 12.2. The van der Waals surface area contributed by atoms with Gasteiger partial charge < -0.3 is 15.8 Å². The highest BCUT2D eigenvalue weighted by molar-refractivity contribution is 7.89. The second-order valence-electron chi connectivity index (χ2n) is 6.47. The summed E-state index contributed by atoms with van der Waals surface area (Å²) < 4.78 is 45.1. The first-order chi connectivity index (χ1) is 15.1. The Morgan fingerprint density at radius 1 is 1.12 bits per heavy atom. The molecule has 168 valence electrons. The number of nitrogens with one attached hydrogen (secondary N) is 2. The van der Waals surface area contributed by atoms with Crippen LogP contribution < -0.4 is 15.8 Å². The Kier molecular flexibility index (Phi) is 7.18. The van der Waals surface area contributed by atoms with Gasteiger partial charge in [0, 0.05) is 10.7 Å². The highest BCUT2D eigenvalue weighted by Gasteiger charge is 2.23. The van der Waals surface area contributed by atoms with Gasteiger partial charge in [-0.15, -0.1) is 0 Å². The number of esters is 1. The first-order valence-electron chi connectivity index (χ1n) is 9.10. The van der Waals surface area contributed by atoms with Gasteiger partial charge in [-0.3, -0.25) is 4.79 Å². The van der Waals surface area contributed by atoms with E-state index in [9.17, 15) is 17.6 Å². The van der Waals surface area contributed by atoms with E-state index in [1.807, 2.05) is 0 Å². The Bertz CT molecular complexity index is 1210. The number of halogens is 2. The summed E-state index contributed by atoms with van der Waals surface area (Å²) in [6, 6.07) is 9.73. The predicted octanol–water partition coefficient (Wildman–Crippen LogP) is 2.40. The lowest BCUT2D eigenvalue weighted by Crippen LogP contribution is -2.39. The van der Waals surface area contributed by atoms with Crippen molar-refractivity contribution in [2.75, 3.05) is 11.1 Å². The Labute approximate surface area is 188 Å². The van der Waals surface area contributed by atoms with E-state index >= 15 is 0 Å². The van der Waals surface area contributed by atoms with Gasteiger partial charge in [0.15, 0.2) is 12.4 Å². The fraction of sp³-hybridized carbons (Fsp3) is 0.158. The first kappa shape index (κ1) is 23.3. The van der Waals surface area contributed by atoms with Crippen molar-refractivity contribution in [3.8, 4) is 0 Å². The Balaban J connectivity index is 1.61. The predicted molar refractivity (Wildman–Crippen MR) is 115 cm³/mol. The second-order valence-corrected chi connectivity index (χ2v) is 8.62. The van der Waals surface area contributed by atoms with Crippen LogP contribution in [0.4, 0.5) is 22.0 Å². The van der Waals surface area contributed by atoms with Crippen molar-refractivity contribution in [3.63, 3.8) is 0 Å². The minimum atomic E-state index is -3.96. The maximum Gasteiger partial charge on any atom is 0.324 e. The van der Waals surface area contributed by atoms with Crippen LogP contribution in [-0.4, -0.2) is 35.4 Å². The van der Waals surface area contributed by atoms with E-state index in [0.717, 1.165) is 0 Å². The van der Waals surface area contributed by atoms with Crippen molar-refractivity contribution >= 4 is 45.2 Å². The number of nitrogens with zero attached hydrogens (tertiary/aromatic N) is 3. The van der Waals surface area contributed by atoms with Gasteiger partial charge in [0.25, 0.3) is 0 Å². The molecule has 32 heavy (non-hydrogen) atoms. The maximum atomic E-state index is 13.0. The molecule has 0 saturated heterocycles. The van der Waals surface area contributed by atoms with Crippen LogP contribution in [0.5, 0.6) is 0 Å². The number of anilines is 3. The van der Waals surface area contributed by atoms with Gasteiger partial charge in [0.1, 0.15) is 11.9 Å². The van der Waals surface area contributed by atoms with E-state index in [-0.39, 0.29) is 29.2 Å². The smallest absolute Gasteiger partial charge is 0.324 e. The van der Waals surface area contributed by atoms with E-state index in [1.165, 1.54) is 55.5 Å². The summed E-state index contributed by atoms with van der Waals surface area (Å²) >= 11 is 5.76. The third kappa shape index (κ3) is 6.33. The van der Waals surface area contributed by atoms with Gasteiger partial charge in [0.05, 0.1) is 4.90 Å². The van der Waals surface area contributed by atoms with Crippen molar-refractivity contribution in [1.29, 1.82) is 0 Å². The van der Waals surface area contributed by atoms with Crippen LogP contribution in [-0.2, 0) is 26.2 Å². The number of nitrogens with two attached hydrogens (primary N) is 1. The van der Waals surface area contributed by atoms with Crippen LogP contribution in [0.2, 0.25) is 5.02 Å². The van der Waals surface area contributed by atoms with Gasteiger partial charge in [-0.1, -0.05) is 11.6 Å². The number of rotatable bonds is 8. The Morgan fingerprint density at radius 3 is 2.44 bits per heavy atom. The molecule has 10 nitrogen and oxygen atoms in total. The SMILES string of the molecule is C[C@H](NS(=O)(=O)c1ccc(Cl)cc1)C(=O)OCc1nc(N)nc(Nc2ccc(F)cc2)n1. The molecule has 0 amide bonds. The molecule has 3 rings (SSSR count). The van der Waals surface area contributed by atoms with Crippen LogP contribution in [0.3, 0.4) is 0 Å². The summed E-state index contributed by atoms with van der Waals surface area (Å²) in [5, 5.41) is 3.20. The van der Waals surface area contributed by atoms with Gasteiger partial charge >= 0.3 is 5.97 Å². The molecular weight excluding hydrogens is 463 g/mol. The van der Waals surface area contributed by atoms with Crippen molar-refractivity contribution in [2.24, 2.45) is 0 Å². The lowest BCUT2D eigenvalue weighted by Gasteiger charge is -2.14. The van der Waals surface area contributed by atoms with Gasteiger partial charge in [-0.05, 0) is 55.5 Å². The average Bonchev–Trinajstić information content (AvgIpc) is 2.73. The summed E-state index contributed by atoms with van der Waals surface area (Å²) in [7, 11) is -3.96. The minimum Gasteiger partial charge on any atom is -0.456 e. The zero-order valence-corrected chi connectivity index (χ0v) is 18.2. The standard InChI is InChI=1S/C19H18ClFN6O4S/c1-11(27-32(29,30)15-8-2-12(20)3-9-15)17(28)31-10-16-24-18(22)26-19(25-16)23-14-6-4-13(21)5-7-14/h2-9,11,27H,10H2,1H3,(H3,22,23,24,25,26)/t11-/m0/s1. The molecule has 1 heterocycles. The van der Waals surface area contributed by atoms with Gasteiger partial charge in [0.2, 0.25) is 21.9 Å². The van der Waals surface area contributed by atoms with Crippen LogP contribution in [0.1, 0.15) is 12.7 Å². The average molecular weight is 481 g/mol. The largest absolute Gasteiger partial charge is 0.456 e. The number of sulfonamides is 1. The first-order valence-corrected chi connectivity index (χ1v) is 11.0. The molecule has 0 radical (unpaired) electrons. The number of ether oxygens (including phenoxy) is 1. The number of hydrogen-bond acceptors (Lipinski definition) is 9. The van der Waals surface area contributed by atoms with Crippen LogP contribution in [0, 0.1) is 5.82 Å². The molecule has 0 fully saturated rings. The highest BCUT2D eigenvalue weighted by atomic mass is 35.5. The van der Waals surface area contributed by atoms with Crippen molar-refractivity contribution < 1.29 is 22.3 Å². The summed E-state index contributed by atoms with van der Waals surface area (Å²) in [6.07, 6.45) is 0. The van der Waals surface area contributed by atoms with E-state index in [2.05, 4.69) is 25.0 Å². The second kappa shape index (κ2) is 9.85. The van der Waals surface area contributed by atoms with Crippen molar-refractivity contribution in [2.45, 2.75) is 24.5 Å². The van der Waals surface area contributed by atoms with E-state index in [4.69, 9.17) is 22.1 Å². The molecule has 0 aliphatic rings. The summed E-state index contributed by atoms with van der Waals surface area (Å²) in [4.78, 5) is 24.1. The quantitative estimate of drug-likeness (QED) is 0.413. The highest BCUT2D eigenvalue weighted by Crippen LogP contribution is 2.16. The van der Waals surface area contributed by atoms with Gasteiger partial charge in [-0.25, -0.2) is 12.8 Å². The lowest BCUT2D eigenvalue weighted by molar-refractivity contribution is -0.146. The molecule has 1 atom stereocenters. The molecule has 0 unspecified atom stereocenters. The fourth-order valence-corrected chi connectivity index (χ4v) is 3.76. The topological polar surface area (TPSA) is 149 Å². The van der Waals surface area contributed by atoms with Crippen LogP contribution in [0.15, 0.2) is 53.4 Å². The van der Waals surface area contributed by atoms with Crippen molar-refractivity contribution in [1.82, 2.24) is 19.7 Å². The third-order valence-corrected chi connectivity index (χ3v) is 5.76. The molecule has 0 spiro atoms. The van der Waals surface area contributed by atoms with Gasteiger partial charge in [-0.2, -0.15) is 19.7 Å². The molecule has 1 aromatic heterocycles. The number of benzene rings is 2.